The molecule has 24 heavy (non-hydrogen) atoms. The molecule has 0 aromatic carbocycles. The Morgan fingerprint density at radius 1 is 1.25 bits per heavy atom. The highest BCUT2D eigenvalue weighted by Crippen LogP contribution is 2.42. The molecule has 1 rings (SSSR count). The first-order chi connectivity index (χ1) is 11.0. The van der Waals surface area contributed by atoms with E-state index in [4.69, 9.17) is 9.47 Å². The minimum absolute atomic E-state index is 0.0516. The number of ketones is 1. The molecular formula is C19H34O5. The minimum atomic E-state index is -2.07. The molecule has 0 bridgehead atoms. The molecule has 0 saturated heterocycles. The summed E-state index contributed by atoms with van der Waals surface area (Å²) < 4.78 is 11.0. The molecule has 0 heterocycles. The topological polar surface area (TPSA) is 72.8 Å². The number of hydrogen-bond donors (Lipinski definition) is 1. The monoisotopic (exact) mass is 342 g/mol. The maximum Gasteiger partial charge on any atom is 0.346 e. The molecule has 5 nitrogen and oxygen atoms in total. The third-order valence-corrected chi connectivity index (χ3v) is 5.72. The summed E-state index contributed by atoms with van der Waals surface area (Å²) in [6.45, 7) is 11.6. The summed E-state index contributed by atoms with van der Waals surface area (Å²) in [6.07, 6.45) is 4.60. The van der Waals surface area contributed by atoms with Gasteiger partial charge >= 0.3 is 5.97 Å². The number of carbonyl (C=O) groups is 2. The third kappa shape index (κ3) is 4.79. The fraction of sp³-hybridized carbons (Fsp3) is 0.895. The van der Waals surface area contributed by atoms with E-state index >= 15 is 0 Å². The average Bonchev–Trinajstić information content (AvgIpc) is 2.50. The largest absolute Gasteiger partial charge is 0.461 e. The normalized spacial score (nSPS) is 27.1. The van der Waals surface area contributed by atoms with Gasteiger partial charge in [-0.1, -0.05) is 41.0 Å². The van der Waals surface area contributed by atoms with Crippen LogP contribution in [-0.4, -0.2) is 41.8 Å². The van der Waals surface area contributed by atoms with Crippen molar-refractivity contribution in [2.75, 3.05) is 13.2 Å². The first-order valence-corrected chi connectivity index (χ1v) is 9.06. The molecule has 1 N–H and O–H groups in total. The molecule has 1 fully saturated rings. The highest BCUT2D eigenvalue weighted by Gasteiger charge is 2.45. The van der Waals surface area contributed by atoms with Crippen LogP contribution >= 0.6 is 0 Å². The van der Waals surface area contributed by atoms with Gasteiger partial charge in [0.05, 0.1) is 12.7 Å². The van der Waals surface area contributed by atoms with Crippen molar-refractivity contribution in [1.29, 1.82) is 0 Å². The number of aliphatic hydroxyl groups is 1. The molecule has 0 aromatic rings. The summed E-state index contributed by atoms with van der Waals surface area (Å²) in [5.74, 6) is -1.40. The quantitative estimate of drug-likeness (QED) is 0.417. The number of ether oxygens (including phenoxy) is 2. The van der Waals surface area contributed by atoms with Crippen molar-refractivity contribution in [3.05, 3.63) is 0 Å². The van der Waals surface area contributed by atoms with Crippen molar-refractivity contribution in [3.8, 4) is 0 Å². The van der Waals surface area contributed by atoms with E-state index in [0.717, 1.165) is 19.3 Å². The second-order valence-corrected chi connectivity index (χ2v) is 8.01. The van der Waals surface area contributed by atoms with Gasteiger partial charge in [-0.2, -0.15) is 0 Å². The fourth-order valence-corrected chi connectivity index (χ4v) is 3.37. The SMILES string of the molecule is CC(=O)C(O)(C(=O)OCCOC1CCCC(C)(C(C)C)C1)C(C)C. The highest BCUT2D eigenvalue weighted by molar-refractivity contribution is 6.06. The van der Waals surface area contributed by atoms with Crippen LogP contribution in [0.3, 0.4) is 0 Å². The van der Waals surface area contributed by atoms with Crippen molar-refractivity contribution in [2.24, 2.45) is 17.3 Å². The van der Waals surface area contributed by atoms with Gasteiger partial charge in [0, 0.05) is 5.92 Å². The van der Waals surface area contributed by atoms with E-state index in [0.29, 0.717) is 11.3 Å². The first kappa shape index (κ1) is 21.1. The Labute approximate surface area is 146 Å². The van der Waals surface area contributed by atoms with Gasteiger partial charge in [0.2, 0.25) is 5.60 Å². The number of carbonyl (C=O) groups excluding carboxylic acids is 2. The van der Waals surface area contributed by atoms with Gasteiger partial charge in [-0.15, -0.1) is 0 Å². The molecule has 3 atom stereocenters. The van der Waals surface area contributed by atoms with E-state index in [9.17, 15) is 14.7 Å². The summed E-state index contributed by atoms with van der Waals surface area (Å²) in [5.41, 5.74) is -1.77. The molecule has 5 heteroatoms. The number of esters is 1. The lowest BCUT2D eigenvalue weighted by Gasteiger charge is -2.41. The van der Waals surface area contributed by atoms with Gasteiger partial charge < -0.3 is 14.6 Å². The van der Waals surface area contributed by atoms with E-state index in [-0.39, 0.29) is 19.3 Å². The predicted molar refractivity (Wildman–Crippen MR) is 92.6 cm³/mol. The molecule has 0 aliphatic heterocycles. The van der Waals surface area contributed by atoms with Gasteiger partial charge in [-0.25, -0.2) is 4.79 Å². The smallest absolute Gasteiger partial charge is 0.346 e. The van der Waals surface area contributed by atoms with Crippen molar-refractivity contribution >= 4 is 11.8 Å². The van der Waals surface area contributed by atoms with Crippen molar-refractivity contribution in [1.82, 2.24) is 0 Å². The third-order valence-electron chi connectivity index (χ3n) is 5.72. The standard InChI is InChI=1S/C19H34O5/c1-13(2)18(6)9-7-8-16(12-18)23-10-11-24-17(21)19(22,14(3)4)15(5)20/h13-14,16,22H,7-12H2,1-6H3. The molecule has 1 saturated carbocycles. The Hall–Kier alpha value is -0.940. The molecule has 3 unspecified atom stereocenters. The Morgan fingerprint density at radius 3 is 2.38 bits per heavy atom. The first-order valence-electron chi connectivity index (χ1n) is 9.06. The van der Waals surface area contributed by atoms with Crippen LogP contribution in [0.4, 0.5) is 0 Å². The van der Waals surface area contributed by atoms with E-state index in [1.807, 2.05) is 0 Å². The second kappa shape index (κ2) is 8.43. The zero-order valence-electron chi connectivity index (χ0n) is 16.1. The lowest BCUT2D eigenvalue weighted by Crippen LogP contribution is -2.51. The predicted octanol–water partition coefficient (Wildman–Crippen LogP) is 3.13. The van der Waals surface area contributed by atoms with Crippen LogP contribution < -0.4 is 0 Å². The number of hydrogen-bond acceptors (Lipinski definition) is 5. The molecule has 1 aliphatic carbocycles. The van der Waals surface area contributed by atoms with Gasteiger partial charge in [0.25, 0.3) is 0 Å². The molecule has 0 spiro atoms. The Morgan fingerprint density at radius 2 is 1.88 bits per heavy atom. The van der Waals surface area contributed by atoms with Crippen LogP contribution in [0.5, 0.6) is 0 Å². The maximum absolute atomic E-state index is 12.0. The summed E-state index contributed by atoms with van der Waals surface area (Å²) in [7, 11) is 0. The molecule has 140 valence electrons. The van der Waals surface area contributed by atoms with Crippen LogP contribution in [-0.2, 0) is 19.1 Å². The van der Waals surface area contributed by atoms with Gasteiger partial charge in [0.15, 0.2) is 5.78 Å². The summed E-state index contributed by atoms with van der Waals surface area (Å²) in [4.78, 5) is 23.6. The zero-order chi connectivity index (χ0) is 18.5. The second-order valence-electron chi connectivity index (χ2n) is 8.01. The fourth-order valence-electron chi connectivity index (χ4n) is 3.37. The molecule has 0 radical (unpaired) electrons. The number of rotatable bonds is 8. The van der Waals surface area contributed by atoms with E-state index in [2.05, 4.69) is 20.8 Å². The maximum atomic E-state index is 12.0. The molecule has 1 aliphatic rings. The summed E-state index contributed by atoms with van der Waals surface area (Å²) in [6, 6.07) is 0. The molecule has 0 aromatic heterocycles. The lowest BCUT2D eigenvalue weighted by atomic mass is 9.67. The zero-order valence-corrected chi connectivity index (χ0v) is 16.1. The number of Topliss-reactive ketones (excluding diaryl/α,β-unsaturated/α-hetero) is 1. The van der Waals surface area contributed by atoms with Crippen LogP contribution in [0.2, 0.25) is 0 Å². The summed E-state index contributed by atoms with van der Waals surface area (Å²) >= 11 is 0. The van der Waals surface area contributed by atoms with Crippen molar-refractivity contribution in [2.45, 2.75) is 78.9 Å². The van der Waals surface area contributed by atoms with Crippen LogP contribution in [0, 0.1) is 17.3 Å². The van der Waals surface area contributed by atoms with E-state index in [1.54, 1.807) is 13.8 Å². The van der Waals surface area contributed by atoms with E-state index < -0.39 is 23.3 Å². The highest BCUT2D eigenvalue weighted by atomic mass is 16.6. The lowest BCUT2D eigenvalue weighted by molar-refractivity contribution is -0.176. The van der Waals surface area contributed by atoms with Crippen LogP contribution in [0.25, 0.3) is 0 Å². The van der Waals surface area contributed by atoms with Gasteiger partial charge in [-0.05, 0) is 37.5 Å². The van der Waals surface area contributed by atoms with Crippen molar-refractivity contribution < 1.29 is 24.2 Å². The van der Waals surface area contributed by atoms with Crippen molar-refractivity contribution in [3.63, 3.8) is 0 Å². The van der Waals surface area contributed by atoms with Crippen LogP contribution in [0.15, 0.2) is 0 Å². The summed E-state index contributed by atoms with van der Waals surface area (Å²) in [5, 5.41) is 10.2. The Balaban J connectivity index is 2.43. The van der Waals surface area contributed by atoms with E-state index in [1.165, 1.54) is 13.3 Å². The Kier molecular flexibility index (Phi) is 7.42. The Bertz CT molecular complexity index is 445. The molecular weight excluding hydrogens is 308 g/mol. The van der Waals surface area contributed by atoms with Gasteiger partial charge in [-0.3, -0.25) is 4.79 Å². The van der Waals surface area contributed by atoms with Crippen LogP contribution in [0.1, 0.15) is 67.2 Å². The average molecular weight is 342 g/mol. The molecule has 0 amide bonds. The van der Waals surface area contributed by atoms with Gasteiger partial charge in [0.1, 0.15) is 6.61 Å². The minimum Gasteiger partial charge on any atom is -0.461 e.